The van der Waals surface area contributed by atoms with E-state index in [2.05, 4.69) is 4.90 Å². The van der Waals surface area contributed by atoms with Gasteiger partial charge >= 0.3 is 0 Å². The van der Waals surface area contributed by atoms with E-state index in [1.807, 2.05) is 35.2 Å². The van der Waals surface area contributed by atoms with Gasteiger partial charge < -0.3 is 14.5 Å². The second-order valence-electron chi connectivity index (χ2n) is 8.68. The van der Waals surface area contributed by atoms with Gasteiger partial charge in [0.2, 0.25) is 5.91 Å². The van der Waals surface area contributed by atoms with Crippen molar-refractivity contribution in [1.29, 1.82) is 0 Å². The second kappa shape index (κ2) is 11.9. The van der Waals surface area contributed by atoms with Gasteiger partial charge in [-0.3, -0.25) is 14.2 Å². The lowest BCUT2D eigenvalue weighted by molar-refractivity contribution is -0.128. The van der Waals surface area contributed by atoms with Crippen molar-refractivity contribution in [2.45, 2.75) is 5.16 Å². The lowest BCUT2D eigenvalue weighted by atomic mass is 10.2. The Morgan fingerprint density at radius 2 is 1.68 bits per heavy atom. The van der Waals surface area contributed by atoms with E-state index in [1.165, 1.54) is 40.2 Å². The van der Waals surface area contributed by atoms with Gasteiger partial charge in [-0.2, -0.15) is 0 Å². The summed E-state index contributed by atoms with van der Waals surface area (Å²) in [6.07, 6.45) is 0. The summed E-state index contributed by atoms with van der Waals surface area (Å²) in [6, 6.07) is 20.9. The summed E-state index contributed by atoms with van der Waals surface area (Å²) in [6.45, 7) is 2.80. The number of piperazine rings is 1. The van der Waals surface area contributed by atoms with Crippen molar-refractivity contribution in [3.05, 3.63) is 89.0 Å². The smallest absolute Gasteiger partial charge is 0.266 e. The molecule has 0 unspecified atom stereocenters. The zero-order chi connectivity index (χ0) is 26.5. The third-order valence-electron chi connectivity index (χ3n) is 6.38. The van der Waals surface area contributed by atoms with Crippen LogP contribution in [0.15, 0.2) is 82.7 Å². The molecule has 1 aliphatic heterocycles. The summed E-state index contributed by atoms with van der Waals surface area (Å²) >= 11 is 2.89. The first-order chi connectivity index (χ1) is 18.5. The average Bonchev–Trinajstić information content (AvgIpc) is 2.96. The molecule has 7 nitrogen and oxygen atoms in total. The third kappa shape index (κ3) is 5.66. The minimum atomic E-state index is -0.373. The first-order valence-electron chi connectivity index (χ1n) is 12.2. The highest BCUT2D eigenvalue weighted by Crippen LogP contribution is 2.29. The number of hydrogen-bond acceptors (Lipinski definition) is 7. The van der Waals surface area contributed by atoms with Crippen LogP contribution >= 0.6 is 23.5 Å². The van der Waals surface area contributed by atoms with Crippen LogP contribution in [-0.4, -0.2) is 64.5 Å². The molecule has 0 radical (unpaired) electrons. The number of benzene rings is 3. The zero-order valence-corrected chi connectivity index (χ0v) is 22.5. The maximum atomic E-state index is 13.5. The number of rotatable bonds is 8. The van der Waals surface area contributed by atoms with E-state index < -0.39 is 0 Å². The topological polar surface area (TPSA) is 67.7 Å². The Morgan fingerprint density at radius 3 is 2.45 bits per heavy atom. The van der Waals surface area contributed by atoms with Gasteiger partial charge in [0.1, 0.15) is 11.6 Å². The molecule has 0 N–H and O–H groups in total. The van der Waals surface area contributed by atoms with Crippen LogP contribution in [0.1, 0.15) is 0 Å². The molecule has 3 aromatic carbocycles. The fourth-order valence-corrected chi connectivity index (χ4v) is 6.36. The number of hydrogen-bond donors (Lipinski definition) is 0. The van der Waals surface area contributed by atoms with Crippen molar-refractivity contribution in [3.63, 3.8) is 0 Å². The highest BCUT2D eigenvalue weighted by atomic mass is 32.2. The van der Waals surface area contributed by atoms with Crippen molar-refractivity contribution < 1.29 is 13.9 Å². The molecule has 38 heavy (non-hydrogen) atoms. The fourth-order valence-electron chi connectivity index (χ4n) is 4.43. The number of fused-ring (bicyclic) bond motifs is 1. The summed E-state index contributed by atoms with van der Waals surface area (Å²) in [7, 11) is 1.67. The minimum Gasteiger partial charge on any atom is -0.495 e. The number of anilines is 1. The molecule has 0 atom stereocenters. The number of nitrogens with zero attached hydrogens (tertiary/aromatic N) is 4. The summed E-state index contributed by atoms with van der Waals surface area (Å²) in [5.74, 6) is 0.900. The van der Waals surface area contributed by atoms with Gasteiger partial charge in [-0.1, -0.05) is 36.0 Å². The standard InChI is InChI=1S/C28H27FN4O3S2/c1-36-25-9-5-4-8-24(25)31-14-16-32(17-15-31)26(34)18-37-19-38-28-30-23-7-3-2-6-22(23)27(35)33(28)21-12-10-20(29)11-13-21/h2-13H,14-19H2,1H3. The molecule has 5 rings (SSSR count). The lowest BCUT2D eigenvalue weighted by Crippen LogP contribution is -2.49. The first kappa shape index (κ1) is 26.1. The SMILES string of the molecule is COc1ccccc1N1CCN(C(=O)CSCSc2nc3ccccc3c(=O)n2-c2ccc(F)cc2)CC1. The highest BCUT2D eigenvalue weighted by molar-refractivity contribution is 8.16. The van der Waals surface area contributed by atoms with Crippen LogP contribution < -0.4 is 15.2 Å². The number of ether oxygens (including phenoxy) is 1. The van der Waals surface area contributed by atoms with Gasteiger partial charge in [0.05, 0.1) is 35.1 Å². The van der Waals surface area contributed by atoms with E-state index in [4.69, 9.17) is 9.72 Å². The molecule has 1 aliphatic rings. The Hall–Kier alpha value is -3.50. The Morgan fingerprint density at radius 1 is 0.974 bits per heavy atom. The molecule has 1 saturated heterocycles. The first-order valence-corrected chi connectivity index (χ1v) is 14.3. The number of carbonyl (C=O) groups excluding carboxylic acids is 1. The number of methoxy groups -OCH3 is 1. The van der Waals surface area contributed by atoms with Crippen LogP contribution in [0, 0.1) is 5.82 Å². The molecule has 0 aliphatic carbocycles. The fraction of sp³-hybridized carbons (Fsp3) is 0.250. The normalized spacial score (nSPS) is 13.6. The molecule has 2 heterocycles. The minimum absolute atomic E-state index is 0.0951. The molecule has 1 fully saturated rings. The van der Waals surface area contributed by atoms with Crippen LogP contribution in [0.5, 0.6) is 5.75 Å². The van der Waals surface area contributed by atoms with E-state index >= 15 is 0 Å². The van der Waals surface area contributed by atoms with Crippen LogP contribution in [-0.2, 0) is 4.79 Å². The lowest BCUT2D eigenvalue weighted by Gasteiger charge is -2.36. The Labute approximate surface area is 228 Å². The number of amides is 1. The molecular weight excluding hydrogens is 523 g/mol. The van der Waals surface area contributed by atoms with E-state index in [0.717, 1.165) is 24.5 Å². The number of para-hydroxylation sites is 3. The maximum absolute atomic E-state index is 13.5. The molecule has 4 aromatic rings. The summed E-state index contributed by atoms with van der Waals surface area (Å²) in [5, 5.41) is 1.54. The van der Waals surface area contributed by atoms with E-state index in [9.17, 15) is 14.0 Å². The summed E-state index contributed by atoms with van der Waals surface area (Å²) in [5.41, 5.74) is 1.99. The van der Waals surface area contributed by atoms with Gasteiger partial charge in [-0.15, -0.1) is 11.8 Å². The molecule has 196 valence electrons. The van der Waals surface area contributed by atoms with E-state index in [0.29, 0.717) is 45.7 Å². The van der Waals surface area contributed by atoms with Crippen molar-refractivity contribution in [3.8, 4) is 11.4 Å². The molecule has 0 saturated carbocycles. The highest BCUT2D eigenvalue weighted by Gasteiger charge is 2.23. The number of halogens is 1. The Bertz CT molecular complexity index is 1490. The number of carbonyl (C=O) groups is 1. The van der Waals surface area contributed by atoms with Gasteiger partial charge in [0, 0.05) is 31.3 Å². The quantitative estimate of drug-likeness (QED) is 0.137. The van der Waals surface area contributed by atoms with E-state index in [1.54, 1.807) is 37.4 Å². The Kier molecular flexibility index (Phi) is 8.19. The molecule has 10 heteroatoms. The van der Waals surface area contributed by atoms with Crippen molar-refractivity contribution in [1.82, 2.24) is 14.5 Å². The average molecular weight is 551 g/mol. The molecule has 1 aromatic heterocycles. The van der Waals surface area contributed by atoms with Crippen LogP contribution in [0.3, 0.4) is 0 Å². The second-order valence-corrected chi connectivity index (χ2v) is 11.0. The monoisotopic (exact) mass is 550 g/mol. The summed E-state index contributed by atoms with van der Waals surface area (Å²) in [4.78, 5) is 35.0. The maximum Gasteiger partial charge on any atom is 0.266 e. The molecule has 0 spiro atoms. The molecule has 1 amide bonds. The van der Waals surface area contributed by atoms with Crippen LogP contribution in [0.4, 0.5) is 10.1 Å². The van der Waals surface area contributed by atoms with Gasteiger partial charge in [0.15, 0.2) is 5.16 Å². The van der Waals surface area contributed by atoms with Crippen LogP contribution in [0.25, 0.3) is 16.6 Å². The Balaban J connectivity index is 1.21. The van der Waals surface area contributed by atoms with Gasteiger partial charge in [-0.05, 0) is 48.5 Å². The van der Waals surface area contributed by atoms with Crippen LogP contribution in [0.2, 0.25) is 0 Å². The number of thioether (sulfide) groups is 2. The molecular formula is C28H27FN4O3S2. The van der Waals surface area contributed by atoms with Gasteiger partial charge in [-0.25, -0.2) is 9.37 Å². The third-order valence-corrected chi connectivity index (χ3v) is 8.51. The van der Waals surface area contributed by atoms with E-state index in [-0.39, 0.29) is 17.3 Å². The predicted octanol–water partition coefficient (Wildman–Crippen LogP) is 4.67. The van der Waals surface area contributed by atoms with Crippen molar-refractivity contribution in [2.24, 2.45) is 0 Å². The van der Waals surface area contributed by atoms with Gasteiger partial charge in [0.25, 0.3) is 5.56 Å². The number of aromatic nitrogens is 2. The van der Waals surface area contributed by atoms with Crippen molar-refractivity contribution >= 4 is 46.0 Å². The summed E-state index contributed by atoms with van der Waals surface area (Å²) < 4.78 is 20.5. The molecule has 0 bridgehead atoms. The van der Waals surface area contributed by atoms with Crippen molar-refractivity contribution in [2.75, 3.05) is 49.0 Å². The largest absolute Gasteiger partial charge is 0.495 e. The predicted molar refractivity (Wildman–Crippen MR) is 152 cm³/mol. The zero-order valence-electron chi connectivity index (χ0n) is 20.9.